The van der Waals surface area contributed by atoms with Crippen molar-refractivity contribution < 1.29 is 4.39 Å². The highest BCUT2D eigenvalue weighted by molar-refractivity contribution is 6.42. The van der Waals surface area contributed by atoms with Gasteiger partial charge >= 0.3 is 0 Å². The normalized spacial score (nSPS) is 10.4. The monoisotopic (exact) mass is 284 g/mol. The molecule has 2 aromatic carbocycles. The molecule has 0 radical (unpaired) electrons. The number of nitrogens with zero attached hydrogens (tertiary/aromatic N) is 1. The lowest BCUT2D eigenvalue weighted by molar-refractivity contribution is 0.628. The molecule has 0 saturated carbocycles. The molecule has 0 aliphatic rings. The largest absolute Gasteiger partial charge is 0.397 e. The summed E-state index contributed by atoms with van der Waals surface area (Å²) in [6.07, 6.45) is 0. The molecule has 2 N–H and O–H groups in total. The first-order valence-corrected chi connectivity index (χ1v) is 5.98. The van der Waals surface area contributed by atoms with Crippen molar-refractivity contribution in [2.45, 2.75) is 0 Å². The highest BCUT2D eigenvalue weighted by Gasteiger charge is 2.09. The molecule has 0 amide bonds. The maximum Gasteiger partial charge on any atom is 0.125 e. The fourth-order valence-corrected chi connectivity index (χ4v) is 1.96. The number of hydrogen-bond acceptors (Lipinski definition) is 2. The summed E-state index contributed by atoms with van der Waals surface area (Å²) in [5, 5.41) is 0.947. The van der Waals surface area contributed by atoms with Crippen LogP contribution in [0.5, 0.6) is 0 Å². The molecule has 0 atom stereocenters. The lowest BCUT2D eigenvalue weighted by Gasteiger charge is -2.21. The Hall–Kier alpha value is -1.45. The zero-order valence-electron chi connectivity index (χ0n) is 9.62. The van der Waals surface area contributed by atoms with Crippen LogP contribution in [0.25, 0.3) is 0 Å². The second kappa shape index (κ2) is 5.04. The van der Waals surface area contributed by atoms with Gasteiger partial charge in [-0.15, -0.1) is 0 Å². The summed E-state index contributed by atoms with van der Waals surface area (Å²) in [4.78, 5) is 1.82. The lowest BCUT2D eigenvalue weighted by Crippen LogP contribution is -2.11. The number of rotatable bonds is 2. The number of hydrogen-bond donors (Lipinski definition) is 1. The smallest absolute Gasteiger partial charge is 0.125 e. The summed E-state index contributed by atoms with van der Waals surface area (Å²) >= 11 is 11.8. The van der Waals surface area contributed by atoms with Gasteiger partial charge in [0.1, 0.15) is 5.82 Å². The van der Waals surface area contributed by atoms with Crippen molar-refractivity contribution >= 4 is 40.3 Å². The quantitative estimate of drug-likeness (QED) is 0.824. The summed E-state index contributed by atoms with van der Waals surface area (Å²) in [7, 11) is 1.82. The Morgan fingerprint density at radius 2 is 1.78 bits per heavy atom. The maximum absolute atomic E-state index is 13.0. The van der Waals surface area contributed by atoms with E-state index in [-0.39, 0.29) is 5.82 Å². The lowest BCUT2D eigenvalue weighted by atomic mass is 10.2. The Labute approximate surface area is 115 Å². The fraction of sp³-hybridized carbons (Fsp3) is 0.0769. The van der Waals surface area contributed by atoms with Crippen molar-refractivity contribution in [2.24, 2.45) is 0 Å². The third-order valence-electron chi connectivity index (χ3n) is 2.64. The molecular formula is C13H11Cl2FN2. The number of halogens is 3. The van der Waals surface area contributed by atoms with E-state index in [2.05, 4.69) is 0 Å². The Morgan fingerprint density at radius 1 is 1.06 bits per heavy atom. The van der Waals surface area contributed by atoms with Crippen molar-refractivity contribution in [1.82, 2.24) is 0 Å². The summed E-state index contributed by atoms with van der Waals surface area (Å²) in [6.45, 7) is 0. The van der Waals surface area contributed by atoms with Gasteiger partial charge in [0.25, 0.3) is 0 Å². The summed E-state index contributed by atoms with van der Waals surface area (Å²) in [5.41, 5.74) is 7.68. The van der Waals surface area contributed by atoms with E-state index in [0.29, 0.717) is 21.4 Å². The number of anilines is 3. The van der Waals surface area contributed by atoms with Gasteiger partial charge < -0.3 is 10.6 Å². The number of benzene rings is 2. The molecule has 2 rings (SSSR count). The van der Waals surface area contributed by atoms with Crippen molar-refractivity contribution in [3.8, 4) is 0 Å². The third-order valence-corrected chi connectivity index (χ3v) is 3.38. The molecule has 0 heterocycles. The predicted molar refractivity (Wildman–Crippen MR) is 75.3 cm³/mol. The zero-order valence-corrected chi connectivity index (χ0v) is 11.1. The van der Waals surface area contributed by atoms with E-state index < -0.39 is 0 Å². The van der Waals surface area contributed by atoms with Gasteiger partial charge in [0.05, 0.1) is 21.4 Å². The van der Waals surface area contributed by atoms with E-state index in [0.717, 1.165) is 5.69 Å². The van der Waals surface area contributed by atoms with E-state index >= 15 is 0 Å². The van der Waals surface area contributed by atoms with Gasteiger partial charge in [-0.1, -0.05) is 23.2 Å². The molecule has 5 heteroatoms. The Kier molecular flexibility index (Phi) is 3.64. The average molecular weight is 285 g/mol. The molecule has 2 aromatic rings. The molecule has 0 aliphatic heterocycles. The van der Waals surface area contributed by atoms with E-state index in [1.165, 1.54) is 12.1 Å². The highest BCUT2D eigenvalue weighted by atomic mass is 35.5. The van der Waals surface area contributed by atoms with Crippen LogP contribution in [0.1, 0.15) is 0 Å². The van der Waals surface area contributed by atoms with Crippen molar-refractivity contribution in [2.75, 3.05) is 17.7 Å². The van der Waals surface area contributed by atoms with Crippen LogP contribution in [0.15, 0.2) is 36.4 Å². The molecule has 0 unspecified atom stereocenters. The third kappa shape index (κ3) is 2.52. The van der Waals surface area contributed by atoms with Gasteiger partial charge in [-0.05, 0) is 36.4 Å². The molecular weight excluding hydrogens is 274 g/mol. The van der Waals surface area contributed by atoms with Gasteiger partial charge in [-0.2, -0.15) is 0 Å². The average Bonchev–Trinajstić information content (AvgIpc) is 2.32. The van der Waals surface area contributed by atoms with E-state index in [1.54, 1.807) is 18.2 Å². The molecule has 18 heavy (non-hydrogen) atoms. The minimum atomic E-state index is -0.362. The summed E-state index contributed by atoms with van der Waals surface area (Å²) < 4.78 is 13.0. The van der Waals surface area contributed by atoms with Gasteiger partial charge in [0, 0.05) is 12.7 Å². The van der Waals surface area contributed by atoms with Crippen LogP contribution in [0.2, 0.25) is 10.0 Å². The van der Waals surface area contributed by atoms with Gasteiger partial charge in [-0.25, -0.2) is 4.39 Å². The summed E-state index contributed by atoms with van der Waals surface area (Å²) in [6, 6.07) is 9.51. The second-order valence-electron chi connectivity index (χ2n) is 3.86. The number of nitrogens with two attached hydrogens (primary N) is 1. The molecule has 0 fully saturated rings. The first kappa shape index (κ1) is 13.0. The second-order valence-corrected chi connectivity index (χ2v) is 4.67. The van der Waals surface area contributed by atoms with E-state index in [9.17, 15) is 4.39 Å². The summed E-state index contributed by atoms with van der Waals surface area (Å²) in [5.74, 6) is -0.362. The molecule has 94 valence electrons. The topological polar surface area (TPSA) is 29.3 Å². The molecule has 0 aliphatic carbocycles. The minimum Gasteiger partial charge on any atom is -0.397 e. The van der Waals surface area contributed by atoms with Gasteiger partial charge in [0.2, 0.25) is 0 Å². The molecule has 0 spiro atoms. The van der Waals surface area contributed by atoms with E-state index in [1.807, 2.05) is 18.0 Å². The Bertz CT molecular complexity index is 587. The van der Waals surface area contributed by atoms with Gasteiger partial charge in [-0.3, -0.25) is 0 Å². The van der Waals surface area contributed by atoms with Crippen molar-refractivity contribution in [3.05, 3.63) is 52.3 Å². The van der Waals surface area contributed by atoms with Crippen LogP contribution in [-0.2, 0) is 0 Å². The fourth-order valence-electron chi connectivity index (χ4n) is 1.66. The first-order valence-electron chi connectivity index (χ1n) is 5.23. The van der Waals surface area contributed by atoms with Crippen LogP contribution in [0.3, 0.4) is 0 Å². The zero-order chi connectivity index (χ0) is 13.3. The van der Waals surface area contributed by atoms with Crippen LogP contribution < -0.4 is 10.6 Å². The Morgan fingerprint density at radius 3 is 2.39 bits per heavy atom. The molecule has 0 saturated heterocycles. The standard InChI is InChI=1S/C13H11Cl2FN2/c1-18(9-3-4-10(14)11(15)7-9)13-5-2-8(16)6-12(13)17/h2-7H,17H2,1H3. The minimum absolute atomic E-state index is 0.362. The molecule has 0 bridgehead atoms. The van der Waals surface area contributed by atoms with Crippen LogP contribution in [-0.4, -0.2) is 7.05 Å². The van der Waals surface area contributed by atoms with Gasteiger partial charge in [0.15, 0.2) is 0 Å². The van der Waals surface area contributed by atoms with Crippen LogP contribution in [0, 0.1) is 5.82 Å². The van der Waals surface area contributed by atoms with Crippen LogP contribution >= 0.6 is 23.2 Å². The SMILES string of the molecule is CN(c1ccc(Cl)c(Cl)c1)c1ccc(F)cc1N. The predicted octanol–water partition coefficient (Wildman–Crippen LogP) is 4.48. The number of nitrogen functional groups attached to an aromatic ring is 1. The highest BCUT2D eigenvalue weighted by Crippen LogP contribution is 2.33. The van der Waals surface area contributed by atoms with Crippen molar-refractivity contribution in [3.63, 3.8) is 0 Å². The first-order chi connectivity index (χ1) is 8.49. The molecule has 2 nitrogen and oxygen atoms in total. The van der Waals surface area contributed by atoms with Crippen molar-refractivity contribution in [1.29, 1.82) is 0 Å². The maximum atomic E-state index is 13.0. The van der Waals surface area contributed by atoms with E-state index in [4.69, 9.17) is 28.9 Å². The molecule has 0 aromatic heterocycles. The Balaban J connectivity index is 2.41. The van der Waals surface area contributed by atoms with Crippen LogP contribution in [0.4, 0.5) is 21.5 Å².